The van der Waals surface area contributed by atoms with Crippen LogP contribution >= 0.6 is 0 Å². The Labute approximate surface area is 87.7 Å². The zero-order valence-corrected chi connectivity index (χ0v) is 8.41. The van der Waals surface area contributed by atoms with Gasteiger partial charge in [0.15, 0.2) is 0 Å². The molecule has 2 fully saturated rings. The normalized spacial score (nSPS) is 31.1. The van der Waals surface area contributed by atoms with Gasteiger partial charge in [-0.1, -0.05) is 6.42 Å². The topological polar surface area (TPSA) is 79.5 Å². The van der Waals surface area contributed by atoms with Gasteiger partial charge >= 0.3 is 0 Å². The van der Waals surface area contributed by atoms with Crippen molar-refractivity contribution in [2.45, 2.75) is 31.3 Å². The number of carbonyl (C=O) groups excluding carboxylic acids is 2. The maximum Gasteiger partial charge on any atom is 0.268 e. The Balaban J connectivity index is 1.82. The van der Waals surface area contributed by atoms with E-state index in [4.69, 9.17) is 4.84 Å². The van der Waals surface area contributed by atoms with Crippen molar-refractivity contribution in [3.05, 3.63) is 0 Å². The fourth-order valence-electron chi connectivity index (χ4n) is 1.80. The van der Waals surface area contributed by atoms with Crippen LogP contribution in [-0.2, 0) is 14.4 Å². The summed E-state index contributed by atoms with van der Waals surface area (Å²) in [5.74, 6) is -0.389. The molecule has 0 aromatic heterocycles. The Morgan fingerprint density at radius 2 is 2.33 bits per heavy atom. The molecule has 6 heteroatoms. The van der Waals surface area contributed by atoms with Gasteiger partial charge < -0.3 is 10.6 Å². The Morgan fingerprint density at radius 1 is 1.47 bits per heavy atom. The summed E-state index contributed by atoms with van der Waals surface area (Å²) in [6.45, 7) is 1.07. The van der Waals surface area contributed by atoms with Crippen LogP contribution in [0.25, 0.3) is 0 Å². The lowest BCUT2D eigenvalue weighted by Crippen LogP contribution is -2.51. The second-order valence-electron chi connectivity index (χ2n) is 3.84. The number of piperidine rings is 1. The average molecular weight is 213 g/mol. The van der Waals surface area contributed by atoms with Gasteiger partial charge in [-0.25, -0.2) is 5.48 Å². The molecule has 2 heterocycles. The van der Waals surface area contributed by atoms with Crippen molar-refractivity contribution < 1.29 is 14.4 Å². The summed E-state index contributed by atoms with van der Waals surface area (Å²) >= 11 is 0. The smallest absolute Gasteiger partial charge is 0.268 e. The van der Waals surface area contributed by atoms with Gasteiger partial charge in [0.2, 0.25) is 5.91 Å². The molecule has 0 aromatic rings. The van der Waals surface area contributed by atoms with Crippen LogP contribution in [0.4, 0.5) is 0 Å². The number of rotatable bonds is 2. The molecule has 3 N–H and O–H groups in total. The summed E-state index contributed by atoms with van der Waals surface area (Å²) in [7, 11) is 0. The third-order valence-corrected chi connectivity index (χ3v) is 2.68. The lowest BCUT2D eigenvalue weighted by molar-refractivity contribution is -0.129. The van der Waals surface area contributed by atoms with Crippen molar-refractivity contribution in [3.8, 4) is 0 Å². The van der Waals surface area contributed by atoms with E-state index in [-0.39, 0.29) is 24.5 Å². The highest BCUT2D eigenvalue weighted by atomic mass is 16.7. The second-order valence-corrected chi connectivity index (χ2v) is 3.84. The minimum Gasteiger partial charge on any atom is -0.341 e. The molecule has 1 unspecified atom stereocenters. The fraction of sp³-hybridized carbons (Fsp3) is 0.778. The quantitative estimate of drug-likeness (QED) is 0.531. The molecule has 2 amide bonds. The van der Waals surface area contributed by atoms with Crippen LogP contribution in [0.1, 0.15) is 19.3 Å². The van der Waals surface area contributed by atoms with Crippen LogP contribution in [0.3, 0.4) is 0 Å². The summed E-state index contributed by atoms with van der Waals surface area (Å²) < 4.78 is 0. The molecule has 2 atom stereocenters. The van der Waals surface area contributed by atoms with Gasteiger partial charge in [0.1, 0.15) is 12.6 Å². The molecule has 6 nitrogen and oxygen atoms in total. The third kappa shape index (κ3) is 2.45. The number of amides is 2. The lowest BCUT2D eigenvalue weighted by atomic mass is 10.0. The van der Waals surface area contributed by atoms with Crippen molar-refractivity contribution >= 4 is 11.8 Å². The highest BCUT2D eigenvalue weighted by molar-refractivity contribution is 5.90. The maximum atomic E-state index is 11.7. The first kappa shape index (κ1) is 10.4. The molecule has 2 saturated heterocycles. The fourth-order valence-corrected chi connectivity index (χ4v) is 1.80. The van der Waals surface area contributed by atoms with E-state index in [1.54, 1.807) is 0 Å². The molecule has 0 aliphatic carbocycles. The predicted octanol–water partition coefficient (Wildman–Crippen LogP) is -1.33. The maximum absolute atomic E-state index is 11.7. The first-order chi connectivity index (χ1) is 7.27. The standard InChI is InChI=1S/C9H15N3O3/c13-8(6-3-1-2-4-10-6)11-7-5-15-12-9(7)14/h6-7,10H,1-5H2,(H,11,13)(H,12,14)/t6?,7-/m1/s1. The SMILES string of the molecule is O=C(N[C@@H]1CONC1=O)C1CCCCN1. The molecular weight excluding hydrogens is 198 g/mol. The van der Waals surface area contributed by atoms with Gasteiger partial charge in [0.05, 0.1) is 6.04 Å². The van der Waals surface area contributed by atoms with E-state index < -0.39 is 6.04 Å². The van der Waals surface area contributed by atoms with Crippen molar-refractivity contribution in [3.63, 3.8) is 0 Å². The Hall–Kier alpha value is -1.14. The van der Waals surface area contributed by atoms with E-state index in [0.717, 1.165) is 25.8 Å². The second kappa shape index (κ2) is 4.59. The van der Waals surface area contributed by atoms with E-state index in [9.17, 15) is 9.59 Å². The van der Waals surface area contributed by atoms with E-state index in [1.807, 2.05) is 0 Å². The molecule has 84 valence electrons. The molecular formula is C9H15N3O3. The summed E-state index contributed by atoms with van der Waals surface area (Å²) in [5.41, 5.74) is 2.20. The summed E-state index contributed by atoms with van der Waals surface area (Å²) in [4.78, 5) is 27.5. The summed E-state index contributed by atoms with van der Waals surface area (Å²) in [5, 5.41) is 5.78. The van der Waals surface area contributed by atoms with Gasteiger partial charge in [0.25, 0.3) is 5.91 Å². The minimum absolute atomic E-state index is 0.111. The average Bonchev–Trinajstić information content (AvgIpc) is 2.66. The first-order valence-corrected chi connectivity index (χ1v) is 5.23. The van der Waals surface area contributed by atoms with E-state index in [1.165, 1.54) is 0 Å². The Morgan fingerprint density at radius 3 is 2.93 bits per heavy atom. The molecule has 0 spiro atoms. The van der Waals surface area contributed by atoms with Crippen LogP contribution in [0, 0.1) is 0 Å². The highest BCUT2D eigenvalue weighted by Crippen LogP contribution is 2.07. The van der Waals surface area contributed by atoms with Crippen LogP contribution in [0.2, 0.25) is 0 Å². The third-order valence-electron chi connectivity index (χ3n) is 2.68. The number of hydroxylamine groups is 1. The van der Waals surface area contributed by atoms with Crippen molar-refractivity contribution in [1.29, 1.82) is 0 Å². The van der Waals surface area contributed by atoms with Crippen LogP contribution < -0.4 is 16.1 Å². The van der Waals surface area contributed by atoms with Gasteiger partial charge in [-0.15, -0.1) is 0 Å². The van der Waals surface area contributed by atoms with Crippen LogP contribution in [0.15, 0.2) is 0 Å². The van der Waals surface area contributed by atoms with Crippen molar-refractivity contribution in [2.75, 3.05) is 13.2 Å². The molecule has 0 aromatic carbocycles. The lowest BCUT2D eigenvalue weighted by Gasteiger charge is -2.23. The minimum atomic E-state index is -0.541. The van der Waals surface area contributed by atoms with Crippen molar-refractivity contribution in [1.82, 2.24) is 16.1 Å². The van der Waals surface area contributed by atoms with Gasteiger partial charge in [-0.2, -0.15) is 0 Å². The largest absolute Gasteiger partial charge is 0.341 e. The van der Waals surface area contributed by atoms with E-state index in [0.29, 0.717) is 0 Å². The number of hydrogen-bond donors (Lipinski definition) is 3. The van der Waals surface area contributed by atoms with Gasteiger partial charge in [-0.3, -0.25) is 14.4 Å². The predicted molar refractivity (Wildman–Crippen MR) is 51.7 cm³/mol. The first-order valence-electron chi connectivity index (χ1n) is 5.23. The molecule has 2 rings (SSSR count). The summed E-state index contributed by atoms with van der Waals surface area (Å²) in [6.07, 6.45) is 3.00. The molecule has 0 radical (unpaired) electrons. The van der Waals surface area contributed by atoms with Crippen LogP contribution in [-0.4, -0.2) is 37.0 Å². The highest BCUT2D eigenvalue weighted by Gasteiger charge is 2.30. The van der Waals surface area contributed by atoms with Crippen LogP contribution in [0.5, 0.6) is 0 Å². The number of carbonyl (C=O) groups is 2. The number of hydrogen-bond acceptors (Lipinski definition) is 4. The van der Waals surface area contributed by atoms with E-state index >= 15 is 0 Å². The monoisotopic (exact) mass is 213 g/mol. The molecule has 0 bridgehead atoms. The zero-order valence-electron chi connectivity index (χ0n) is 8.41. The summed E-state index contributed by atoms with van der Waals surface area (Å²) in [6, 6.07) is -0.701. The van der Waals surface area contributed by atoms with E-state index in [2.05, 4.69) is 16.1 Å². The molecule has 2 aliphatic rings. The molecule has 0 saturated carbocycles. The van der Waals surface area contributed by atoms with Gasteiger partial charge in [-0.05, 0) is 19.4 Å². The Bertz CT molecular complexity index is 263. The van der Waals surface area contributed by atoms with Gasteiger partial charge in [0, 0.05) is 0 Å². The molecule has 2 aliphatic heterocycles. The van der Waals surface area contributed by atoms with Crippen molar-refractivity contribution in [2.24, 2.45) is 0 Å². The zero-order chi connectivity index (χ0) is 10.7. The number of nitrogens with one attached hydrogen (secondary N) is 3. The molecule has 15 heavy (non-hydrogen) atoms. The Kier molecular flexibility index (Phi) is 3.17.